The molecule has 1 aromatic rings. The monoisotopic (exact) mass is 207 g/mol. The molecule has 1 aromatic carbocycles. The first kappa shape index (κ1) is 11.6. The van der Waals surface area contributed by atoms with Gasteiger partial charge in [-0.3, -0.25) is 4.99 Å². The third-order valence-corrected chi connectivity index (χ3v) is 1.80. The SMILES string of the molecule is COc1cc(/C=N\C(C)(C)C)ccc1O. The van der Waals surface area contributed by atoms with E-state index in [0.29, 0.717) is 5.75 Å². The van der Waals surface area contributed by atoms with Gasteiger partial charge in [0, 0.05) is 6.21 Å². The highest BCUT2D eigenvalue weighted by atomic mass is 16.5. The second-order valence-electron chi connectivity index (χ2n) is 4.36. The van der Waals surface area contributed by atoms with Crippen LogP contribution in [0.3, 0.4) is 0 Å². The highest BCUT2D eigenvalue weighted by Crippen LogP contribution is 2.25. The van der Waals surface area contributed by atoms with Crippen molar-refractivity contribution in [1.29, 1.82) is 0 Å². The van der Waals surface area contributed by atoms with Crippen molar-refractivity contribution in [2.75, 3.05) is 7.11 Å². The predicted molar refractivity (Wildman–Crippen MR) is 62.0 cm³/mol. The van der Waals surface area contributed by atoms with Gasteiger partial charge in [-0.1, -0.05) is 0 Å². The molecule has 0 bridgehead atoms. The first-order chi connectivity index (χ1) is 6.92. The summed E-state index contributed by atoms with van der Waals surface area (Å²) in [6.45, 7) is 6.09. The van der Waals surface area contributed by atoms with E-state index >= 15 is 0 Å². The van der Waals surface area contributed by atoms with Crippen LogP contribution in [0.5, 0.6) is 11.5 Å². The zero-order valence-corrected chi connectivity index (χ0v) is 9.61. The maximum absolute atomic E-state index is 9.39. The second kappa shape index (κ2) is 4.34. The molecule has 0 aliphatic rings. The van der Waals surface area contributed by atoms with Gasteiger partial charge in [0.2, 0.25) is 0 Å². The summed E-state index contributed by atoms with van der Waals surface area (Å²) in [6.07, 6.45) is 1.78. The maximum Gasteiger partial charge on any atom is 0.161 e. The largest absolute Gasteiger partial charge is 0.504 e. The first-order valence-corrected chi connectivity index (χ1v) is 4.84. The molecule has 1 N–H and O–H groups in total. The molecular weight excluding hydrogens is 190 g/mol. The molecule has 0 saturated heterocycles. The highest BCUT2D eigenvalue weighted by Gasteiger charge is 2.05. The zero-order valence-electron chi connectivity index (χ0n) is 9.61. The highest BCUT2D eigenvalue weighted by molar-refractivity contribution is 5.81. The molecule has 1 rings (SSSR count). The van der Waals surface area contributed by atoms with Crippen molar-refractivity contribution in [3.8, 4) is 11.5 Å². The number of hydrogen-bond donors (Lipinski definition) is 1. The standard InChI is InChI=1S/C12H17NO2/c1-12(2,3)13-8-9-5-6-10(14)11(7-9)15-4/h5-8,14H,1-4H3/b13-8-. The fourth-order valence-corrected chi connectivity index (χ4v) is 1.04. The maximum atomic E-state index is 9.39. The normalized spacial score (nSPS) is 12.0. The molecule has 0 aromatic heterocycles. The Bertz CT molecular complexity index is 364. The van der Waals surface area contributed by atoms with Crippen molar-refractivity contribution >= 4 is 6.21 Å². The van der Waals surface area contributed by atoms with Gasteiger partial charge in [0.15, 0.2) is 11.5 Å². The molecule has 0 heterocycles. The van der Waals surface area contributed by atoms with Crippen LogP contribution in [0.1, 0.15) is 26.3 Å². The number of ether oxygens (including phenoxy) is 1. The Morgan fingerprint density at radius 2 is 2.00 bits per heavy atom. The molecule has 0 unspecified atom stereocenters. The molecule has 0 radical (unpaired) electrons. The number of nitrogens with zero attached hydrogens (tertiary/aromatic N) is 1. The van der Waals surface area contributed by atoms with Crippen LogP contribution in [0.4, 0.5) is 0 Å². The third kappa shape index (κ3) is 3.62. The van der Waals surface area contributed by atoms with Crippen molar-refractivity contribution in [3.63, 3.8) is 0 Å². The minimum atomic E-state index is -0.0921. The molecule has 0 amide bonds. The Morgan fingerprint density at radius 1 is 1.33 bits per heavy atom. The zero-order chi connectivity index (χ0) is 11.5. The summed E-state index contributed by atoms with van der Waals surface area (Å²) in [4.78, 5) is 4.37. The van der Waals surface area contributed by atoms with E-state index in [4.69, 9.17) is 4.74 Å². The van der Waals surface area contributed by atoms with Crippen molar-refractivity contribution in [1.82, 2.24) is 0 Å². The van der Waals surface area contributed by atoms with Crippen LogP contribution in [-0.4, -0.2) is 24.0 Å². The molecule has 0 fully saturated rings. The first-order valence-electron chi connectivity index (χ1n) is 4.84. The fraction of sp³-hybridized carbons (Fsp3) is 0.417. The van der Waals surface area contributed by atoms with Crippen LogP contribution in [0, 0.1) is 0 Å². The van der Waals surface area contributed by atoms with Crippen LogP contribution >= 0.6 is 0 Å². The molecule has 15 heavy (non-hydrogen) atoms. The van der Waals surface area contributed by atoms with Crippen molar-refractivity contribution in [2.45, 2.75) is 26.3 Å². The van der Waals surface area contributed by atoms with Gasteiger partial charge in [-0.2, -0.15) is 0 Å². The number of aromatic hydroxyl groups is 1. The summed E-state index contributed by atoms with van der Waals surface area (Å²) >= 11 is 0. The number of methoxy groups -OCH3 is 1. The van der Waals surface area contributed by atoms with Gasteiger partial charge in [-0.25, -0.2) is 0 Å². The van der Waals surface area contributed by atoms with Gasteiger partial charge in [0.1, 0.15) is 0 Å². The van der Waals surface area contributed by atoms with Gasteiger partial charge >= 0.3 is 0 Å². The number of phenolic OH excluding ortho intramolecular Hbond substituents is 1. The van der Waals surface area contributed by atoms with Gasteiger partial charge in [0.05, 0.1) is 12.6 Å². The van der Waals surface area contributed by atoms with Gasteiger partial charge in [-0.15, -0.1) is 0 Å². The van der Waals surface area contributed by atoms with Crippen LogP contribution in [0.2, 0.25) is 0 Å². The molecule has 3 nitrogen and oxygen atoms in total. The van der Waals surface area contributed by atoms with Crippen LogP contribution in [-0.2, 0) is 0 Å². The van der Waals surface area contributed by atoms with Crippen LogP contribution in [0.15, 0.2) is 23.2 Å². The molecule has 0 spiro atoms. The second-order valence-corrected chi connectivity index (χ2v) is 4.36. The molecule has 0 atom stereocenters. The molecular formula is C12H17NO2. The van der Waals surface area contributed by atoms with E-state index in [1.807, 2.05) is 20.8 Å². The number of aliphatic imine (C=N–C) groups is 1. The van der Waals surface area contributed by atoms with Gasteiger partial charge in [0.25, 0.3) is 0 Å². The lowest BCUT2D eigenvalue weighted by atomic mass is 10.1. The van der Waals surface area contributed by atoms with E-state index in [1.165, 1.54) is 7.11 Å². The average Bonchev–Trinajstić information content (AvgIpc) is 2.15. The van der Waals surface area contributed by atoms with E-state index in [0.717, 1.165) is 5.56 Å². The molecule has 3 heteroatoms. The minimum Gasteiger partial charge on any atom is -0.504 e. The topological polar surface area (TPSA) is 41.8 Å². The Kier molecular flexibility index (Phi) is 3.35. The summed E-state index contributed by atoms with van der Waals surface area (Å²) < 4.78 is 5.01. The quantitative estimate of drug-likeness (QED) is 0.757. The van der Waals surface area contributed by atoms with E-state index in [-0.39, 0.29) is 11.3 Å². The summed E-state index contributed by atoms with van der Waals surface area (Å²) in [5, 5.41) is 9.39. The Balaban J connectivity index is 2.93. The summed E-state index contributed by atoms with van der Waals surface area (Å²) in [6, 6.07) is 5.15. The predicted octanol–water partition coefficient (Wildman–Crippen LogP) is 2.62. The number of rotatable bonds is 2. The van der Waals surface area contributed by atoms with Crippen molar-refractivity contribution in [2.24, 2.45) is 4.99 Å². The van der Waals surface area contributed by atoms with Crippen molar-refractivity contribution < 1.29 is 9.84 Å². The molecule has 0 aliphatic heterocycles. The Morgan fingerprint density at radius 3 is 2.53 bits per heavy atom. The molecule has 0 aliphatic carbocycles. The summed E-state index contributed by atoms with van der Waals surface area (Å²) in [5.74, 6) is 0.610. The molecule has 0 saturated carbocycles. The molecule has 82 valence electrons. The van der Waals surface area contributed by atoms with Gasteiger partial charge in [-0.05, 0) is 44.5 Å². The van der Waals surface area contributed by atoms with E-state index in [9.17, 15) is 5.11 Å². The van der Waals surface area contributed by atoms with E-state index < -0.39 is 0 Å². The lowest BCUT2D eigenvalue weighted by Crippen LogP contribution is -2.09. The smallest absolute Gasteiger partial charge is 0.161 e. The Labute approximate surface area is 90.4 Å². The summed E-state index contributed by atoms with van der Waals surface area (Å²) in [5.41, 5.74) is 0.824. The minimum absolute atomic E-state index is 0.0921. The number of hydrogen-bond acceptors (Lipinski definition) is 3. The third-order valence-electron chi connectivity index (χ3n) is 1.80. The van der Waals surface area contributed by atoms with Crippen LogP contribution in [0.25, 0.3) is 0 Å². The van der Waals surface area contributed by atoms with Crippen molar-refractivity contribution in [3.05, 3.63) is 23.8 Å². The average molecular weight is 207 g/mol. The Hall–Kier alpha value is -1.51. The van der Waals surface area contributed by atoms with Gasteiger partial charge < -0.3 is 9.84 Å². The van der Waals surface area contributed by atoms with Crippen LogP contribution < -0.4 is 4.74 Å². The summed E-state index contributed by atoms with van der Waals surface area (Å²) in [7, 11) is 1.53. The van der Waals surface area contributed by atoms with E-state index in [2.05, 4.69) is 4.99 Å². The number of benzene rings is 1. The van der Waals surface area contributed by atoms with E-state index in [1.54, 1.807) is 24.4 Å². The fourth-order valence-electron chi connectivity index (χ4n) is 1.04. The lowest BCUT2D eigenvalue weighted by Gasteiger charge is -2.11. The number of phenols is 1. The lowest BCUT2D eigenvalue weighted by molar-refractivity contribution is 0.373.